The van der Waals surface area contributed by atoms with Gasteiger partial charge in [-0.15, -0.1) is 23.1 Å². The van der Waals surface area contributed by atoms with Crippen molar-refractivity contribution < 1.29 is 13.6 Å². The van der Waals surface area contributed by atoms with Crippen LogP contribution in [0.2, 0.25) is 0 Å². The predicted octanol–water partition coefficient (Wildman–Crippen LogP) is 3.40. The molecule has 2 aromatic rings. The number of thioether (sulfide) groups is 1. The van der Waals surface area contributed by atoms with Crippen LogP contribution in [-0.2, 0) is 5.75 Å². The molecule has 0 fully saturated rings. The van der Waals surface area contributed by atoms with Gasteiger partial charge in [0.05, 0.1) is 9.77 Å². The summed E-state index contributed by atoms with van der Waals surface area (Å²) in [7, 11) is 0. The van der Waals surface area contributed by atoms with Gasteiger partial charge in [-0.2, -0.15) is 0 Å². The summed E-state index contributed by atoms with van der Waals surface area (Å²) in [6.07, 6.45) is 0. The Morgan fingerprint density at radius 2 is 2.06 bits per heavy atom. The summed E-state index contributed by atoms with van der Waals surface area (Å²) < 4.78 is 26.9. The Kier molecular flexibility index (Phi) is 2.64. The summed E-state index contributed by atoms with van der Waals surface area (Å²) in [5.41, 5.74) is 6.63. The summed E-state index contributed by atoms with van der Waals surface area (Å²) in [4.78, 5) is 12.7. The summed E-state index contributed by atoms with van der Waals surface area (Å²) in [5.74, 6) is -1.13. The lowest BCUT2D eigenvalue weighted by Crippen LogP contribution is -2.08. The van der Waals surface area contributed by atoms with Gasteiger partial charge in [-0.1, -0.05) is 0 Å². The van der Waals surface area contributed by atoms with Crippen LogP contribution in [-0.4, -0.2) is 5.91 Å². The number of halogens is 2. The molecule has 3 rings (SSSR count). The van der Waals surface area contributed by atoms with Crippen LogP contribution in [0.3, 0.4) is 0 Å². The zero-order valence-corrected chi connectivity index (χ0v) is 10.6. The number of hydrogen-bond acceptors (Lipinski definition) is 3. The van der Waals surface area contributed by atoms with Gasteiger partial charge >= 0.3 is 0 Å². The largest absolute Gasteiger partial charge is 0.365 e. The summed E-state index contributed by atoms with van der Waals surface area (Å²) >= 11 is 2.49. The molecule has 1 aliphatic heterocycles. The number of primary amides is 1. The van der Waals surface area contributed by atoms with Crippen molar-refractivity contribution in [2.24, 2.45) is 5.73 Å². The van der Waals surface area contributed by atoms with Crippen molar-refractivity contribution in [2.75, 3.05) is 0 Å². The Bertz CT molecular complexity index is 666. The molecule has 2 N–H and O–H groups in total. The Hall–Kier alpha value is -1.40. The molecule has 0 spiro atoms. The van der Waals surface area contributed by atoms with E-state index in [1.165, 1.54) is 29.2 Å². The SMILES string of the molecule is NC(=O)c1cc2c(s1)-c1cc(F)cc(F)c1SC2. The fraction of sp³-hybridized carbons (Fsp3) is 0.0833. The topological polar surface area (TPSA) is 43.1 Å². The van der Waals surface area contributed by atoms with Gasteiger partial charge in [-0.3, -0.25) is 4.79 Å². The molecule has 1 aromatic heterocycles. The van der Waals surface area contributed by atoms with E-state index < -0.39 is 17.5 Å². The first-order valence-corrected chi connectivity index (χ1v) is 6.91. The number of nitrogens with two attached hydrogens (primary N) is 1. The number of carbonyl (C=O) groups is 1. The molecule has 0 atom stereocenters. The normalized spacial score (nSPS) is 13.0. The molecule has 92 valence electrons. The average Bonchev–Trinajstić information content (AvgIpc) is 2.72. The number of amides is 1. The van der Waals surface area contributed by atoms with E-state index in [0.717, 1.165) is 16.5 Å². The predicted molar refractivity (Wildman–Crippen MR) is 67.7 cm³/mol. The van der Waals surface area contributed by atoms with E-state index >= 15 is 0 Å². The fourth-order valence-electron chi connectivity index (χ4n) is 1.91. The van der Waals surface area contributed by atoms with E-state index in [0.29, 0.717) is 21.1 Å². The molecule has 1 aromatic carbocycles. The van der Waals surface area contributed by atoms with Crippen LogP contribution in [0.1, 0.15) is 15.2 Å². The Labute approximate surface area is 110 Å². The zero-order chi connectivity index (χ0) is 12.9. The van der Waals surface area contributed by atoms with E-state index in [2.05, 4.69) is 0 Å². The first kappa shape index (κ1) is 11.7. The van der Waals surface area contributed by atoms with Gasteiger partial charge in [-0.05, 0) is 17.7 Å². The van der Waals surface area contributed by atoms with Gasteiger partial charge in [0.15, 0.2) is 0 Å². The second-order valence-corrected chi connectivity index (χ2v) is 5.92. The molecule has 2 nitrogen and oxygen atoms in total. The maximum Gasteiger partial charge on any atom is 0.258 e. The average molecular weight is 283 g/mol. The van der Waals surface area contributed by atoms with Crippen LogP contribution in [0.15, 0.2) is 23.1 Å². The standard InChI is InChI=1S/C12H7F2NOS2/c13-6-2-7-10-5(1-9(18-10)12(15)16)4-17-11(7)8(14)3-6/h1-3H,4H2,(H2,15,16). The smallest absolute Gasteiger partial charge is 0.258 e. The van der Waals surface area contributed by atoms with E-state index in [-0.39, 0.29) is 0 Å². The molecule has 18 heavy (non-hydrogen) atoms. The van der Waals surface area contributed by atoms with Crippen molar-refractivity contribution in [1.29, 1.82) is 0 Å². The van der Waals surface area contributed by atoms with Crippen molar-refractivity contribution in [3.63, 3.8) is 0 Å². The fourth-order valence-corrected chi connectivity index (χ4v) is 4.16. The van der Waals surface area contributed by atoms with Crippen LogP contribution in [0.5, 0.6) is 0 Å². The van der Waals surface area contributed by atoms with E-state index in [9.17, 15) is 13.6 Å². The van der Waals surface area contributed by atoms with Crippen LogP contribution in [0.4, 0.5) is 8.78 Å². The molecule has 2 heterocycles. The van der Waals surface area contributed by atoms with Gasteiger partial charge in [-0.25, -0.2) is 8.78 Å². The van der Waals surface area contributed by atoms with E-state index in [1.54, 1.807) is 6.07 Å². The maximum absolute atomic E-state index is 13.6. The van der Waals surface area contributed by atoms with Crippen LogP contribution in [0, 0.1) is 11.6 Å². The Morgan fingerprint density at radius 1 is 1.28 bits per heavy atom. The number of hydrogen-bond donors (Lipinski definition) is 1. The molecule has 0 saturated carbocycles. The van der Waals surface area contributed by atoms with Crippen molar-refractivity contribution in [3.05, 3.63) is 40.3 Å². The molecule has 0 aliphatic carbocycles. The second kappa shape index (κ2) is 4.07. The lowest BCUT2D eigenvalue weighted by atomic mass is 10.1. The van der Waals surface area contributed by atoms with Crippen molar-refractivity contribution in [3.8, 4) is 10.4 Å². The monoisotopic (exact) mass is 283 g/mol. The van der Waals surface area contributed by atoms with Crippen LogP contribution >= 0.6 is 23.1 Å². The highest BCUT2D eigenvalue weighted by molar-refractivity contribution is 7.98. The highest BCUT2D eigenvalue weighted by Gasteiger charge is 2.24. The minimum absolute atomic E-state index is 0.415. The van der Waals surface area contributed by atoms with Gasteiger partial charge in [0, 0.05) is 22.3 Å². The third-order valence-corrected chi connectivity index (χ3v) is 5.06. The lowest BCUT2D eigenvalue weighted by Gasteiger charge is -2.16. The molecule has 1 aliphatic rings. The molecule has 6 heteroatoms. The third kappa shape index (κ3) is 1.72. The minimum Gasteiger partial charge on any atom is -0.365 e. The Balaban J connectivity index is 2.24. The maximum atomic E-state index is 13.6. The highest BCUT2D eigenvalue weighted by Crippen LogP contribution is 2.46. The van der Waals surface area contributed by atoms with Gasteiger partial charge < -0.3 is 5.73 Å². The summed E-state index contributed by atoms with van der Waals surface area (Å²) in [5, 5.41) is 0. The molecule has 0 unspecified atom stereocenters. The number of benzene rings is 1. The Morgan fingerprint density at radius 3 is 2.78 bits per heavy atom. The lowest BCUT2D eigenvalue weighted by molar-refractivity contribution is 0.100. The summed E-state index contributed by atoms with van der Waals surface area (Å²) in [6.45, 7) is 0. The van der Waals surface area contributed by atoms with Crippen molar-refractivity contribution in [1.82, 2.24) is 0 Å². The first-order valence-electron chi connectivity index (χ1n) is 5.11. The molecule has 1 amide bonds. The number of carbonyl (C=O) groups excluding carboxylic acids is 1. The minimum atomic E-state index is -0.617. The quantitative estimate of drug-likeness (QED) is 0.871. The number of fused-ring (bicyclic) bond motifs is 3. The van der Waals surface area contributed by atoms with E-state index in [4.69, 9.17) is 5.73 Å². The molecule has 0 saturated heterocycles. The molecular weight excluding hydrogens is 276 g/mol. The number of thiophene rings is 1. The zero-order valence-electron chi connectivity index (χ0n) is 9.00. The molecule has 0 bridgehead atoms. The molecule has 0 radical (unpaired) electrons. The van der Waals surface area contributed by atoms with Crippen molar-refractivity contribution in [2.45, 2.75) is 10.6 Å². The van der Waals surface area contributed by atoms with Gasteiger partial charge in [0.25, 0.3) is 5.91 Å². The van der Waals surface area contributed by atoms with Gasteiger partial charge in [0.2, 0.25) is 0 Å². The van der Waals surface area contributed by atoms with Crippen LogP contribution in [0.25, 0.3) is 10.4 Å². The second-order valence-electron chi connectivity index (χ2n) is 3.88. The summed E-state index contributed by atoms with van der Waals surface area (Å²) in [6, 6.07) is 3.87. The third-order valence-electron chi connectivity index (χ3n) is 2.68. The number of rotatable bonds is 1. The van der Waals surface area contributed by atoms with Crippen molar-refractivity contribution >= 4 is 29.0 Å². The first-order chi connectivity index (χ1) is 8.56. The van der Waals surface area contributed by atoms with E-state index in [1.807, 2.05) is 0 Å². The van der Waals surface area contributed by atoms with Crippen LogP contribution < -0.4 is 5.73 Å². The van der Waals surface area contributed by atoms with Gasteiger partial charge in [0.1, 0.15) is 11.6 Å². The highest BCUT2D eigenvalue weighted by atomic mass is 32.2. The molecular formula is C12H7F2NOS2.